The molecule has 0 bridgehead atoms. The molecule has 0 radical (unpaired) electrons. The maximum atomic E-state index is 11.7. The van der Waals surface area contributed by atoms with Crippen molar-refractivity contribution in [2.75, 3.05) is 13.2 Å². The van der Waals surface area contributed by atoms with E-state index in [1.165, 1.54) is 0 Å². The molecule has 1 aliphatic heterocycles. The number of aromatic nitrogens is 6. The molecule has 2 N–H and O–H groups in total. The Labute approximate surface area is 229 Å². The lowest BCUT2D eigenvalue weighted by molar-refractivity contribution is 0.00230. The smallest absolute Gasteiger partial charge is 0.385 e. The van der Waals surface area contributed by atoms with Crippen molar-refractivity contribution in [2.45, 2.75) is 51.2 Å². The number of imidazole rings is 1. The highest BCUT2D eigenvalue weighted by Crippen LogP contribution is 2.38. The molecule has 2 fully saturated rings. The number of halogens is 1. The number of terminal acetylenes is 1. The Hall–Kier alpha value is -3.52. The fourth-order valence-corrected chi connectivity index (χ4v) is 5.92. The van der Waals surface area contributed by atoms with Gasteiger partial charge < -0.3 is 18.8 Å². The summed E-state index contributed by atoms with van der Waals surface area (Å²) in [5, 5.41) is 18.4. The van der Waals surface area contributed by atoms with E-state index in [1.54, 1.807) is 6.07 Å². The zero-order chi connectivity index (χ0) is 26.9. The van der Waals surface area contributed by atoms with Crippen molar-refractivity contribution < 1.29 is 14.3 Å². The summed E-state index contributed by atoms with van der Waals surface area (Å²) in [7, 11) is 0. The van der Waals surface area contributed by atoms with E-state index in [9.17, 15) is 9.90 Å². The normalized spacial score (nSPS) is 21.2. The van der Waals surface area contributed by atoms with E-state index in [1.807, 2.05) is 18.2 Å². The van der Waals surface area contributed by atoms with E-state index >= 15 is 0 Å². The van der Waals surface area contributed by atoms with Crippen molar-refractivity contribution in [3.8, 4) is 35.3 Å². The Bertz CT molecular complexity index is 1570. The van der Waals surface area contributed by atoms with Gasteiger partial charge in [-0.1, -0.05) is 23.7 Å². The first-order valence-electron chi connectivity index (χ1n) is 13.3. The summed E-state index contributed by atoms with van der Waals surface area (Å²) in [6.45, 7) is 1.86. The van der Waals surface area contributed by atoms with E-state index in [-0.39, 0.29) is 17.6 Å². The lowest BCUT2D eigenvalue weighted by atomic mass is 9.82. The van der Waals surface area contributed by atoms with Crippen LogP contribution in [0.25, 0.3) is 34.1 Å². The van der Waals surface area contributed by atoms with Crippen LogP contribution in [-0.4, -0.2) is 48.0 Å². The fraction of sp³-hybridized carbons (Fsp3) is 0.464. The first-order valence-corrected chi connectivity index (χ1v) is 13.7. The van der Waals surface area contributed by atoms with Gasteiger partial charge in [-0.2, -0.15) is 0 Å². The quantitative estimate of drug-likeness (QED) is 0.339. The van der Waals surface area contributed by atoms with Crippen LogP contribution in [-0.2, 0) is 11.3 Å². The van der Waals surface area contributed by atoms with Crippen LogP contribution in [0.4, 0.5) is 0 Å². The van der Waals surface area contributed by atoms with Gasteiger partial charge in [0, 0.05) is 36.3 Å². The summed E-state index contributed by atoms with van der Waals surface area (Å²) in [6.07, 6.45) is 10.3. The number of aliphatic hydroxyl groups is 1. The minimum absolute atomic E-state index is 0.0119. The molecule has 1 unspecified atom stereocenters. The van der Waals surface area contributed by atoms with Gasteiger partial charge in [-0.25, -0.2) is 24.8 Å². The molecule has 3 aromatic heterocycles. The number of hydrogen-bond acceptors (Lipinski definition) is 8. The molecule has 1 saturated carbocycles. The van der Waals surface area contributed by atoms with Crippen molar-refractivity contribution in [2.24, 2.45) is 17.8 Å². The topological polar surface area (TPSA) is 132 Å². The van der Waals surface area contributed by atoms with Gasteiger partial charge in [-0.3, -0.25) is 0 Å². The van der Waals surface area contributed by atoms with Crippen molar-refractivity contribution in [1.29, 1.82) is 0 Å². The molecular formula is C28H29ClN6O4. The maximum absolute atomic E-state index is 11.7. The second-order valence-corrected chi connectivity index (χ2v) is 10.8. The van der Waals surface area contributed by atoms with Crippen LogP contribution in [0.15, 0.2) is 33.5 Å². The Kier molecular flexibility index (Phi) is 7.21. The van der Waals surface area contributed by atoms with Crippen molar-refractivity contribution in [1.82, 2.24) is 29.7 Å². The molecule has 2 aliphatic rings. The van der Waals surface area contributed by atoms with Crippen LogP contribution in [0.2, 0.25) is 5.02 Å². The van der Waals surface area contributed by atoms with E-state index < -0.39 is 11.9 Å². The summed E-state index contributed by atoms with van der Waals surface area (Å²) in [6, 6.07) is 7.36. The second-order valence-electron chi connectivity index (χ2n) is 10.4. The summed E-state index contributed by atoms with van der Waals surface area (Å²) in [4.78, 5) is 26.0. The van der Waals surface area contributed by atoms with Gasteiger partial charge >= 0.3 is 5.76 Å². The highest BCUT2D eigenvalue weighted by atomic mass is 35.5. The lowest BCUT2D eigenvalue weighted by Gasteiger charge is -2.29. The number of aromatic amines is 1. The SMILES string of the molecule is C#CC1CCC(Cn2c(C(O)C3CCOCC3)nc3nc(-c4n[nH]c(=O)o4)nc(-c4cccc(Cl)c4)c32)CC1. The van der Waals surface area contributed by atoms with Gasteiger partial charge in [0.25, 0.3) is 5.89 Å². The molecule has 6 rings (SSSR count). The molecule has 1 atom stereocenters. The number of H-pyrrole nitrogens is 1. The number of nitrogens with one attached hydrogen (secondary N) is 1. The number of nitrogens with zero attached hydrogens (tertiary/aromatic N) is 5. The predicted molar refractivity (Wildman–Crippen MR) is 145 cm³/mol. The summed E-state index contributed by atoms with van der Waals surface area (Å²) in [5.74, 6) is 3.50. The van der Waals surface area contributed by atoms with E-state index in [0.717, 1.165) is 44.1 Å². The highest BCUT2D eigenvalue weighted by molar-refractivity contribution is 6.30. The van der Waals surface area contributed by atoms with E-state index in [0.29, 0.717) is 59.3 Å². The van der Waals surface area contributed by atoms with E-state index in [2.05, 4.69) is 25.7 Å². The van der Waals surface area contributed by atoms with Crippen LogP contribution in [0.5, 0.6) is 0 Å². The van der Waals surface area contributed by atoms with Gasteiger partial charge in [0.2, 0.25) is 5.82 Å². The third-order valence-electron chi connectivity index (χ3n) is 7.86. The van der Waals surface area contributed by atoms with Crippen molar-refractivity contribution in [3.05, 3.63) is 45.7 Å². The van der Waals surface area contributed by atoms with Crippen LogP contribution in [0.1, 0.15) is 50.5 Å². The number of hydrogen-bond donors (Lipinski definition) is 2. The minimum Gasteiger partial charge on any atom is -0.385 e. The molecule has 0 amide bonds. The van der Waals surface area contributed by atoms with Crippen LogP contribution in [0.3, 0.4) is 0 Å². The van der Waals surface area contributed by atoms with Gasteiger partial charge in [0.05, 0.1) is 0 Å². The second kappa shape index (κ2) is 10.9. The number of aliphatic hydroxyl groups excluding tert-OH is 1. The number of fused-ring (bicyclic) bond motifs is 1. The number of ether oxygens (including phenoxy) is 1. The molecule has 4 aromatic rings. The molecule has 4 heterocycles. The number of benzene rings is 1. The fourth-order valence-electron chi connectivity index (χ4n) is 5.73. The maximum Gasteiger partial charge on any atom is 0.434 e. The Morgan fingerprint density at radius 1 is 1.15 bits per heavy atom. The van der Waals surface area contributed by atoms with Crippen LogP contribution < -0.4 is 5.76 Å². The van der Waals surface area contributed by atoms with Crippen LogP contribution in [0, 0.1) is 30.1 Å². The first-order chi connectivity index (χ1) is 19.0. The standard InChI is InChI=1S/C28H29ClN6O4/c1-2-16-6-8-17(9-7-16)15-35-22-21(19-4-3-5-20(29)14-19)30-25(27-33-34-28(37)39-27)31-24(22)32-26(35)23(36)18-10-12-38-13-11-18/h1,3-5,14,16-18,23,36H,6-13,15H2,(H,34,37). The molecule has 10 nitrogen and oxygen atoms in total. The van der Waals surface area contributed by atoms with Gasteiger partial charge in [0.1, 0.15) is 23.1 Å². The van der Waals surface area contributed by atoms with Gasteiger partial charge in [-0.15, -0.1) is 17.4 Å². The largest absolute Gasteiger partial charge is 0.434 e. The number of rotatable bonds is 6. The molecule has 11 heteroatoms. The van der Waals surface area contributed by atoms with Gasteiger partial charge in [0.15, 0.2) is 5.65 Å². The Morgan fingerprint density at radius 2 is 1.95 bits per heavy atom. The molecular weight excluding hydrogens is 520 g/mol. The molecule has 1 saturated heterocycles. The molecule has 1 aromatic carbocycles. The van der Waals surface area contributed by atoms with Crippen molar-refractivity contribution in [3.63, 3.8) is 0 Å². The zero-order valence-electron chi connectivity index (χ0n) is 21.3. The third kappa shape index (κ3) is 5.22. The third-order valence-corrected chi connectivity index (χ3v) is 8.10. The Morgan fingerprint density at radius 3 is 2.64 bits per heavy atom. The summed E-state index contributed by atoms with van der Waals surface area (Å²) < 4.78 is 12.8. The Balaban J connectivity index is 1.53. The van der Waals surface area contributed by atoms with Crippen molar-refractivity contribution >= 4 is 22.8 Å². The highest BCUT2D eigenvalue weighted by Gasteiger charge is 2.32. The summed E-state index contributed by atoms with van der Waals surface area (Å²) in [5.41, 5.74) is 2.40. The lowest BCUT2D eigenvalue weighted by Crippen LogP contribution is -2.26. The molecule has 202 valence electrons. The molecule has 39 heavy (non-hydrogen) atoms. The minimum atomic E-state index is -0.802. The predicted octanol–water partition coefficient (Wildman–Crippen LogP) is 4.39. The van der Waals surface area contributed by atoms with Crippen LogP contribution >= 0.6 is 11.6 Å². The first kappa shape index (κ1) is 25.7. The van der Waals surface area contributed by atoms with Gasteiger partial charge in [-0.05, 0) is 62.5 Å². The average Bonchev–Trinajstić information content (AvgIpc) is 3.56. The zero-order valence-corrected chi connectivity index (χ0v) is 22.1. The van der Waals surface area contributed by atoms with E-state index in [4.69, 9.17) is 37.1 Å². The average molecular weight is 549 g/mol. The molecule has 0 spiro atoms. The monoisotopic (exact) mass is 548 g/mol. The molecule has 1 aliphatic carbocycles. The summed E-state index contributed by atoms with van der Waals surface area (Å²) >= 11 is 6.38.